The second kappa shape index (κ2) is 8.39. The highest BCUT2D eigenvalue weighted by Gasteiger charge is 2.23. The summed E-state index contributed by atoms with van der Waals surface area (Å²) in [4.78, 5) is 33.0. The van der Waals surface area contributed by atoms with Gasteiger partial charge in [0.2, 0.25) is 0 Å². The third kappa shape index (κ3) is 10.2. The molecule has 0 spiro atoms. The zero-order valence-electron chi connectivity index (χ0n) is 12.4. The maximum Gasteiger partial charge on any atom is 0.408 e. The van der Waals surface area contributed by atoms with Crippen molar-refractivity contribution in [2.75, 3.05) is 6.61 Å². The summed E-state index contributed by atoms with van der Waals surface area (Å²) in [7, 11) is 0. The summed E-state index contributed by atoms with van der Waals surface area (Å²) in [5.41, 5.74) is -0.678. The van der Waals surface area contributed by atoms with E-state index in [0.717, 1.165) is 0 Å². The maximum absolute atomic E-state index is 11.5. The normalized spacial score (nSPS) is 12.4. The van der Waals surface area contributed by atoms with E-state index in [1.165, 1.54) is 6.92 Å². The Labute approximate surface area is 118 Å². The topological polar surface area (TPSA) is 102 Å². The number of hydrogen-bond donors (Lipinski definition) is 2. The van der Waals surface area contributed by atoms with E-state index < -0.39 is 23.7 Å². The predicted octanol–water partition coefficient (Wildman–Crippen LogP) is 1.70. The lowest BCUT2D eigenvalue weighted by Crippen LogP contribution is -2.43. The first-order valence-corrected chi connectivity index (χ1v) is 6.47. The van der Waals surface area contributed by atoms with Crippen molar-refractivity contribution >= 4 is 18.0 Å². The Hall–Kier alpha value is -1.79. The number of unbranched alkanes of at least 4 members (excludes halogenated alkanes) is 1. The highest BCUT2D eigenvalue weighted by molar-refractivity contribution is 5.79. The molecule has 0 radical (unpaired) electrons. The van der Waals surface area contributed by atoms with Gasteiger partial charge < -0.3 is 19.9 Å². The zero-order chi connectivity index (χ0) is 15.8. The Morgan fingerprint density at radius 3 is 2.25 bits per heavy atom. The van der Waals surface area contributed by atoms with Crippen LogP contribution in [0.4, 0.5) is 4.79 Å². The smallest absolute Gasteiger partial charge is 0.408 e. The summed E-state index contributed by atoms with van der Waals surface area (Å²) >= 11 is 0. The lowest BCUT2D eigenvalue weighted by Gasteiger charge is -2.22. The van der Waals surface area contributed by atoms with Crippen molar-refractivity contribution in [3.8, 4) is 0 Å². The molecule has 7 heteroatoms. The average Bonchev–Trinajstić information content (AvgIpc) is 2.23. The van der Waals surface area contributed by atoms with Crippen molar-refractivity contribution in [3.63, 3.8) is 0 Å². The molecule has 7 nitrogen and oxygen atoms in total. The minimum atomic E-state index is -1.12. The van der Waals surface area contributed by atoms with Gasteiger partial charge in [0.25, 0.3) is 0 Å². The highest BCUT2D eigenvalue weighted by Crippen LogP contribution is 2.08. The molecule has 0 fully saturated rings. The van der Waals surface area contributed by atoms with E-state index in [2.05, 4.69) is 5.32 Å². The number of alkyl carbamates (subject to hydrolysis) is 1. The van der Waals surface area contributed by atoms with Crippen LogP contribution in [0.25, 0.3) is 0 Å². The fraction of sp³-hybridized carbons (Fsp3) is 0.769. The minimum absolute atomic E-state index is 0.244. The van der Waals surface area contributed by atoms with Crippen molar-refractivity contribution < 1.29 is 29.0 Å². The van der Waals surface area contributed by atoms with Crippen LogP contribution >= 0.6 is 0 Å². The molecule has 1 amide bonds. The molecule has 0 aromatic carbocycles. The SMILES string of the molecule is CC(=O)OCCCC[C@H](NC(=O)OC(C)(C)C)C(=O)O. The molecule has 0 aliphatic carbocycles. The van der Waals surface area contributed by atoms with Crippen molar-refractivity contribution in [2.45, 2.75) is 58.6 Å². The van der Waals surface area contributed by atoms with Crippen molar-refractivity contribution in [1.82, 2.24) is 5.32 Å². The largest absolute Gasteiger partial charge is 0.480 e. The summed E-state index contributed by atoms with van der Waals surface area (Å²) in [5.74, 6) is -1.49. The third-order valence-electron chi connectivity index (χ3n) is 2.18. The summed E-state index contributed by atoms with van der Waals surface area (Å²) in [6.07, 6.45) is 0.541. The summed E-state index contributed by atoms with van der Waals surface area (Å²) in [6.45, 7) is 6.64. The van der Waals surface area contributed by atoms with Crippen LogP contribution in [0.15, 0.2) is 0 Å². The van der Waals surface area contributed by atoms with Crippen LogP contribution in [-0.2, 0) is 19.1 Å². The number of carboxylic acids is 1. The van der Waals surface area contributed by atoms with E-state index in [4.69, 9.17) is 14.6 Å². The first kappa shape index (κ1) is 18.2. The van der Waals surface area contributed by atoms with E-state index in [-0.39, 0.29) is 19.0 Å². The predicted molar refractivity (Wildman–Crippen MR) is 71.3 cm³/mol. The van der Waals surface area contributed by atoms with Crippen LogP contribution in [0.1, 0.15) is 47.0 Å². The van der Waals surface area contributed by atoms with Crippen molar-refractivity contribution in [2.24, 2.45) is 0 Å². The van der Waals surface area contributed by atoms with Gasteiger partial charge in [0, 0.05) is 6.92 Å². The van der Waals surface area contributed by atoms with E-state index in [1.807, 2.05) is 0 Å². The maximum atomic E-state index is 11.5. The summed E-state index contributed by atoms with van der Waals surface area (Å²) < 4.78 is 9.73. The molecule has 1 atom stereocenters. The second-order valence-corrected chi connectivity index (χ2v) is 5.37. The van der Waals surface area contributed by atoms with Crippen LogP contribution in [0.3, 0.4) is 0 Å². The fourth-order valence-corrected chi connectivity index (χ4v) is 1.37. The number of hydrogen-bond acceptors (Lipinski definition) is 5. The van der Waals surface area contributed by atoms with Gasteiger partial charge in [-0.2, -0.15) is 0 Å². The molecule has 0 aromatic heterocycles. The van der Waals surface area contributed by atoms with Gasteiger partial charge in [0.05, 0.1) is 6.61 Å². The number of aliphatic carboxylic acids is 1. The molecule has 0 saturated carbocycles. The molecule has 0 rings (SSSR count). The third-order valence-corrected chi connectivity index (χ3v) is 2.18. The van der Waals surface area contributed by atoms with Gasteiger partial charge in [0.1, 0.15) is 11.6 Å². The minimum Gasteiger partial charge on any atom is -0.480 e. The number of carbonyl (C=O) groups excluding carboxylic acids is 2. The number of amides is 1. The first-order valence-electron chi connectivity index (χ1n) is 6.47. The lowest BCUT2D eigenvalue weighted by atomic mass is 10.1. The van der Waals surface area contributed by atoms with E-state index >= 15 is 0 Å². The molecule has 20 heavy (non-hydrogen) atoms. The van der Waals surface area contributed by atoms with Gasteiger partial charge in [-0.05, 0) is 40.0 Å². The zero-order valence-corrected chi connectivity index (χ0v) is 12.4. The molecule has 2 N–H and O–H groups in total. The van der Waals surface area contributed by atoms with Crippen LogP contribution in [0.5, 0.6) is 0 Å². The average molecular weight is 289 g/mol. The highest BCUT2D eigenvalue weighted by atomic mass is 16.6. The monoisotopic (exact) mass is 289 g/mol. The van der Waals surface area contributed by atoms with Crippen molar-refractivity contribution in [1.29, 1.82) is 0 Å². The van der Waals surface area contributed by atoms with Gasteiger partial charge in [-0.1, -0.05) is 0 Å². The van der Waals surface area contributed by atoms with Crippen LogP contribution in [0.2, 0.25) is 0 Å². The molecule has 0 aromatic rings. The molecule has 0 aliphatic heterocycles. The Balaban J connectivity index is 4.08. The summed E-state index contributed by atoms with van der Waals surface area (Å²) in [5, 5.41) is 11.3. The number of esters is 1. The molecule has 116 valence electrons. The Bertz CT molecular complexity index is 347. The number of carboxylic acid groups (broad SMARTS) is 1. The molecule has 0 saturated heterocycles. The van der Waals surface area contributed by atoms with E-state index in [9.17, 15) is 14.4 Å². The van der Waals surface area contributed by atoms with Gasteiger partial charge in [-0.15, -0.1) is 0 Å². The molecule has 0 heterocycles. The first-order chi connectivity index (χ1) is 9.11. The second-order valence-electron chi connectivity index (χ2n) is 5.37. The fourth-order valence-electron chi connectivity index (χ4n) is 1.37. The number of rotatable bonds is 7. The van der Waals surface area contributed by atoms with Crippen LogP contribution in [0, 0.1) is 0 Å². The van der Waals surface area contributed by atoms with Crippen molar-refractivity contribution in [3.05, 3.63) is 0 Å². The number of nitrogens with one attached hydrogen (secondary N) is 1. The Morgan fingerprint density at radius 2 is 1.80 bits per heavy atom. The molecular weight excluding hydrogens is 266 g/mol. The van der Waals surface area contributed by atoms with E-state index in [0.29, 0.717) is 12.8 Å². The number of carbonyl (C=O) groups is 3. The molecule has 0 aliphatic rings. The van der Waals surface area contributed by atoms with Crippen LogP contribution < -0.4 is 5.32 Å². The summed E-state index contributed by atoms with van der Waals surface area (Å²) in [6, 6.07) is -1.01. The van der Waals surface area contributed by atoms with E-state index in [1.54, 1.807) is 20.8 Å². The van der Waals surface area contributed by atoms with Gasteiger partial charge in [-0.25, -0.2) is 9.59 Å². The standard InChI is InChI=1S/C13H23NO6/c1-9(15)19-8-6-5-7-10(11(16)17)14-12(18)20-13(2,3)4/h10H,5-8H2,1-4H3,(H,14,18)(H,16,17)/t10-/m0/s1. The number of ether oxygens (including phenoxy) is 2. The Kier molecular flexibility index (Phi) is 7.64. The van der Waals surface area contributed by atoms with Gasteiger partial charge in [0.15, 0.2) is 0 Å². The molecular formula is C13H23NO6. The van der Waals surface area contributed by atoms with Gasteiger partial charge in [-0.3, -0.25) is 4.79 Å². The molecule has 0 unspecified atom stereocenters. The molecule has 0 bridgehead atoms. The van der Waals surface area contributed by atoms with Gasteiger partial charge >= 0.3 is 18.0 Å². The van der Waals surface area contributed by atoms with Crippen LogP contribution in [-0.4, -0.2) is 41.4 Å². The lowest BCUT2D eigenvalue weighted by molar-refractivity contribution is -0.142. The Morgan fingerprint density at radius 1 is 1.20 bits per heavy atom. The quantitative estimate of drug-likeness (QED) is 0.546.